The molecular weight excluding hydrogens is 452 g/mol. The molecule has 0 amide bonds. The molecule has 33 heavy (non-hydrogen) atoms. The molecule has 2 heterocycles. The van der Waals surface area contributed by atoms with E-state index in [-0.39, 0.29) is 11.7 Å². The Balaban J connectivity index is 1.97. The fourth-order valence-corrected chi connectivity index (χ4v) is 5.80. The maximum Gasteiger partial charge on any atom is 0.340 e. The highest BCUT2D eigenvalue weighted by atomic mass is 32.2. The van der Waals surface area contributed by atoms with E-state index in [4.69, 9.17) is 4.74 Å². The number of rotatable bonds is 8. The average molecular weight is 481 g/mol. The molecular formula is C26H28N2O3S2. The van der Waals surface area contributed by atoms with Crippen molar-refractivity contribution < 1.29 is 14.6 Å². The van der Waals surface area contributed by atoms with Crippen LogP contribution in [0.15, 0.2) is 58.8 Å². The van der Waals surface area contributed by atoms with Crippen molar-refractivity contribution in [2.45, 2.75) is 24.1 Å². The topological polar surface area (TPSA) is 54.7 Å². The molecule has 4 rings (SSSR count). The van der Waals surface area contributed by atoms with Crippen molar-refractivity contribution in [3.05, 3.63) is 70.7 Å². The Labute approximate surface area is 202 Å². The Morgan fingerprint density at radius 3 is 2.58 bits per heavy atom. The van der Waals surface area contributed by atoms with Crippen molar-refractivity contribution in [3.63, 3.8) is 0 Å². The summed E-state index contributed by atoms with van der Waals surface area (Å²) in [6.45, 7) is 2.61. The number of carbonyl (C=O) groups excluding carboxylic acids is 1. The molecule has 0 bridgehead atoms. The number of hydrogen-bond acceptors (Lipinski definition) is 6. The molecule has 2 aromatic heterocycles. The third-order valence-electron chi connectivity index (χ3n) is 5.54. The second-order valence-corrected chi connectivity index (χ2v) is 10.1. The van der Waals surface area contributed by atoms with Crippen LogP contribution in [0, 0.1) is 0 Å². The first-order valence-electron chi connectivity index (χ1n) is 10.8. The van der Waals surface area contributed by atoms with E-state index in [1.807, 2.05) is 74.7 Å². The minimum atomic E-state index is -0.352. The quantitative estimate of drug-likeness (QED) is 0.242. The number of carbonyl (C=O) groups is 1. The Morgan fingerprint density at radius 2 is 1.94 bits per heavy atom. The number of aromatic hydroxyl groups is 1. The largest absolute Gasteiger partial charge is 0.507 e. The molecule has 172 valence electrons. The van der Waals surface area contributed by atoms with Crippen molar-refractivity contribution in [2.75, 3.05) is 20.7 Å². The number of aryl methyl sites for hydroxylation is 1. The molecule has 0 atom stereocenters. The van der Waals surface area contributed by atoms with Crippen LogP contribution in [0.3, 0.4) is 0 Å². The van der Waals surface area contributed by atoms with Gasteiger partial charge in [0.2, 0.25) is 0 Å². The summed E-state index contributed by atoms with van der Waals surface area (Å²) in [5, 5.41) is 14.1. The first kappa shape index (κ1) is 23.4. The van der Waals surface area contributed by atoms with Crippen LogP contribution >= 0.6 is 23.1 Å². The van der Waals surface area contributed by atoms with E-state index < -0.39 is 0 Å². The third kappa shape index (κ3) is 4.67. The van der Waals surface area contributed by atoms with Gasteiger partial charge in [-0.1, -0.05) is 24.3 Å². The average Bonchev–Trinajstić information content (AvgIpc) is 3.41. The molecule has 2 aromatic carbocycles. The molecule has 1 N–H and O–H groups in total. The summed E-state index contributed by atoms with van der Waals surface area (Å²) in [5.41, 5.74) is 3.88. The van der Waals surface area contributed by atoms with Gasteiger partial charge in [0, 0.05) is 51.3 Å². The first-order chi connectivity index (χ1) is 15.9. The van der Waals surface area contributed by atoms with Crippen molar-refractivity contribution in [1.82, 2.24) is 9.47 Å². The van der Waals surface area contributed by atoms with Gasteiger partial charge in [0.15, 0.2) is 0 Å². The highest BCUT2D eigenvalue weighted by molar-refractivity contribution is 7.98. The summed E-state index contributed by atoms with van der Waals surface area (Å²) in [7, 11) is 5.91. The van der Waals surface area contributed by atoms with E-state index in [1.54, 1.807) is 23.1 Å². The number of phenols is 1. The van der Waals surface area contributed by atoms with Gasteiger partial charge >= 0.3 is 5.97 Å². The van der Waals surface area contributed by atoms with Gasteiger partial charge < -0.3 is 19.3 Å². The molecule has 0 saturated carbocycles. The molecule has 0 aliphatic carbocycles. The lowest BCUT2D eigenvalue weighted by Gasteiger charge is -2.16. The standard InChI is InChI=1S/C26H28N2O3S2/c1-5-31-26(30)24-21(16-33-17-10-7-6-8-11-17)28(4)20-14-18(22-12-9-13-32-22)25(29)19(23(20)24)15-27(2)3/h6-14,29H,5,15-16H2,1-4H3. The van der Waals surface area contributed by atoms with Crippen LogP contribution in [-0.4, -0.2) is 41.2 Å². The summed E-state index contributed by atoms with van der Waals surface area (Å²) in [6.07, 6.45) is 0. The maximum absolute atomic E-state index is 13.2. The number of hydrogen-bond donors (Lipinski definition) is 1. The molecule has 0 unspecified atom stereocenters. The molecule has 0 saturated heterocycles. The van der Waals surface area contributed by atoms with Crippen molar-refractivity contribution in [2.24, 2.45) is 7.05 Å². The van der Waals surface area contributed by atoms with E-state index in [0.29, 0.717) is 24.5 Å². The van der Waals surface area contributed by atoms with Crippen LogP contribution in [-0.2, 0) is 24.1 Å². The Kier molecular flexibility index (Phi) is 7.12. The van der Waals surface area contributed by atoms with Gasteiger partial charge in [-0.05, 0) is 50.7 Å². The zero-order chi connectivity index (χ0) is 23.5. The number of benzene rings is 2. The minimum absolute atomic E-state index is 0.220. The molecule has 0 aliphatic rings. The van der Waals surface area contributed by atoms with Crippen molar-refractivity contribution >= 4 is 40.0 Å². The fraction of sp³-hybridized carbons (Fsp3) is 0.269. The van der Waals surface area contributed by atoms with Crippen LogP contribution in [0.1, 0.15) is 28.5 Å². The lowest BCUT2D eigenvalue weighted by molar-refractivity contribution is 0.0527. The molecule has 7 heteroatoms. The van der Waals surface area contributed by atoms with E-state index in [9.17, 15) is 9.90 Å². The third-order valence-corrected chi connectivity index (χ3v) is 7.47. The Hall–Kier alpha value is -2.74. The van der Waals surface area contributed by atoms with Crippen molar-refractivity contribution in [1.29, 1.82) is 0 Å². The lowest BCUT2D eigenvalue weighted by Crippen LogP contribution is -2.13. The van der Waals surface area contributed by atoms with Gasteiger partial charge in [-0.25, -0.2) is 4.79 Å². The van der Waals surface area contributed by atoms with Crippen LogP contribution in [0.2, 0.25) is 0 Å². The van der Waals surface area contributed by atoms with Crippen LogP contribution < -0.4 is 0 Å². The Bertz CT molecular complexity index is 1260. The van der Waals surface area contributed by atoms with Gasteiger partial charge in [0.05, 0.1) is 17.7 Å². The molecule has 0 aliphatic heterocycles. The summed E-state index contributed by atoms with van der Waals surface area (Å²) < 4.78 is 7.57. The number of phenolic OH excluding ortho intramolecular Hbond substituents is 1. The highest BCUT2D eigenvalue weighted by Gasteiger charge is 2.28. The molecule has 0 spiro atoms. The maximum atomic E-state index is 13.2. The highest BCUT2D eigenvalue weighted by Crippen LogP contribution is 2.43. The van der Waals surface area contributed by atoms with Gasteiger partial charge in [0.25, 0.3) is 0 Å². The van der Waals surface area contributed by atoms with Gasteiger partial charge in [-0.2, -0.15) is 0 Å². The number of aromatic nitrogens is 1. The second kappa shape index (κ2) is 10.0. The van der Waals surface area contributed by atoms with Crippen LogP contribution in [0.4, 0.5) is 0 Å². The van der Waals surface area contributed by atoms with Crippen LogP contribution in [0.25, 0.3) is 21.3 Å². The van der Waals surface area contributed by atoms with Gasteiger partial charge in [-0.15, -0.1) is 23.1 Å². The predicted octanol–water partition coefficient (Wildman–Crippen LogP) is 6.14. The number of fused-ring (bicyclic) bond motifs is 1. The molecule has 4 aromatic rings. The monoisotopic (exact) mass is 480 g/mol. The number of ether oxygens (including phenoxy) is 1. The number of esters is 1. The summed E-state index contributed by atoms with van der Waals surface area (Å²) in [6, 6.07) is 16.1. The molecule has 0 fully saturated rings. The SMILES string of the molecule is CCOC(=O)c1c(CSc2ccccc2)n(C)c2cc(-c3cccs3)c(O)c(CN(C)C)c12. The zero-order valence-electron chi connectivity index (χ0n) is 19.3. The van der Waals surface area contributed by atoms with E-state index in [0.717, 1.165) is 37.5 Å². The summed E-state index contributed by atoms with van der Waals surface area (Å²) >= 11 is 3.27. The second-order valence-electron chi connectivity index (χ2n) is 8.06. The smallest absolute Gasteiger partial charge is 0.340 e. The molecule has 5 nitrogen and oxygen atoms in total. The lowest BCUT2D eigenvalue weighted by atomic mass is 9.99. The number of thiophene rings is 1. The first-order valence-corrected chi connectivity index (χ1v) is 12.7. The zero-order valence-corrected chi connectivity index (χ0v) is 20.9. The fourth-order valence-electron chi connectivity index (χ4n) is 4.06. The summed E-state index contributed by atoms with van der Waals surface area (Å²) in [5.74, 6) is 0.479. The Morgan fingerprint density at radius 1 is 1.18 bits per heavy atom. The van der Waals surface area contributed by atoms with Crippen LogP contribution in [0.5, 0.6) is 5.75 Å². The number of nitrogens with zero attached hydrogens (tertiary/aromatic N) is 2. The van der Waals surface area contributed by atoms with E-state index in [1.165, 1.54) is 0 Å². The van der Waals surface area contributed by atoms with Crippen molar-refractivity contribution in [3.8, 4) is 16.2 Å². The van der Waals surface area contributed by atoms with Gasteiger partial charge in [-0.3, -0.25) is 0 Å². The number of thioether (sulfide) groups is 1. The van der Waals surface area contributed by atoms with Gasteiger partial charge in [0.1, 0.15) is 5.75 Å². The predicted molar refractivity (Wildman–Crippen MR) is 137 cm³/mol. The molecule has 0 radical (unpaired) electrons. The van der Waals surface area contributed by atoms with E-state index >= 15 is 0 Å². The van der Waals surface area contributed by atoms with E-state index in [2.05, 4.69) is 16.7 Å². The summed E-state index contributed by atoms with van der Waals surface area (Å²) in [4.78, 5) is 17.4. The minimum Gasteiger partial charge on any atom is -0.507 e. The normalized spacial score (nSPS) is 11.4.